The number of hydrogen-bond acceptors (Lipinski definition) is 8. The minimum absolute atomic E-state index is 0.0678. The highest BCUT2D eigenvalue weighted by atomic mass is 16.6. The van der Waals surface area contributed by atoms with Crippen molar-refractivity contribution in [3.8, 4) is 5.88 Å². The second kappa shape index (κ2) is 10.9. The van der Waals surface area contributed by atoms with Crippen LogP contribution in [0, 0.1) is 5.92 Å². The Morgan fingerprint density at radius 1 is 1.18 bits per heavy atom. The summed E-state index contributed by atoms with van der Waals surface area (Å²) in [5.74, 6) is 0.799. The van der Waals surface area contributed by atoms with Gasteiger partial charge in [0, 0.05) is 24.3 Å². The zero-order valence-electron chi connectivity index (χ0n) is 20.0. The van der Waals surface area contributed by atoms with E-state index in [4.69, 9.17) is 9.47 Å². The van der Waals surface area contributed by atoms with Crippen LogP contribution in [0.3, 0.4) is 0 Å². The number of carbonyl (C=O) groups excluding carboxylic acids is 2. The minimum atomic E-state index is -0.618. The fourth-order valence-corrected chi connectivity index (χ4v) is 5.27. The largest absolute Gasteiger partial charge is 0.481 e. The number of amides is 2. The number of pyridine rings is 1. The van der Waals surface area contributed by atoms with Gasteiger partial charge in [-0.25, -0.2) is 15.2 Å². The average Bonchev–Trinajstić information content (AvgIpc) is 3.45. The molecule has 2 amide bonds. The van der Waals surface area contributed by atoms with E-state index in [2.05, 4.69) is 26.5 Å². The molecule has 0 radical (unpaired) electrons. The van der Waals surface area contributed by atoms with E-state index in [1.807, 2.05) is 6.92 Å². The maximum atomic E-state index is 12.5. The molecule has 1 aromatic rings. The molecule has 3 aliphatic rings. The van der Waals surface area contributed by atoms with Gasteiger partial charge in [0.2, 0.25) is 11.8 Å². The predicted octanol–water partition coefficient (Wildman–Crippen LogP) is 1.53. The molecule has 0 spiro atoms. The second-order valence-corrected chi connectivity index (χ2v) is 10.2. The molecule has 2 unspecified atom stereocenters. The van der Waals surface area contributed by atoms with Crippen LogP contribution in [-0.4, -0.2) is 59.2 Å². The summed E-state index contributed by atoms with van der Waals surface area (Å²) in [6.45, 7) is 1.85. The van der Waals surface area contributed by atoms with Crippen molar-refractivity contribution in [1.82, 2.24) is 26.5 Å². The van der Waals surface area contributed by atoms with E-state index in [0.717, 1.165) is 44.1 Å². The van der Waals surface area contributed by atoms with E-state index in [-0.39, 0.29) is 42.8 Å². The van der Waals surface area contributed by atoms with Crippen LogP contribution >= 0.6 is 0 Å². The van der Waals surface area contributed by atoms with E-state index >= 15 is 0 Å². The molecule has 2 heterocycles. The molecule has 0 bridgehead atoms. The number of aliphatic hydroxyl groups is 1. The summed E-state index contributed by atoms with van der Waals surface area (Å²) >= 11 is 0. The summed E-state index contributed by atoms with van der Waals surface area (Å²) in [6.07, 6.45) is 7.63. The highest BCUT2D eigenvalue weighted by molar-refractivity contribution is 5.78. The number of nitrogens with zero attached hydrogens (tertiary/aromatic N) is 1. The van der Waals surface area contributed by atoms with E-state index in [0.29, 0.717) is 24.6 Å². The zero-order valence-corrected chi connectivity index (χ0v) is 20.0. The number of rotatable bonds is 7. The first kappa shape index (κ1) is 24.7. The Morgan fingerprint density at radius 3 is 2.74 bits per heavy atom. The molecular formula is C24H37N5O5. The highest BCUT2D eigenvalue weighted by Crippen LogP contribution is 2.33. The van der Waals surface area contributed by atoms with Crippen molar-refractivity contribution < 1.29 is 24.2 Å². The number of alkyl carbamates (subject to hydrolysis) is 1. The third-order valence-electron chi connectivity index (χ3n) is 7.29. The summed E-state index contributed by atoms with van der Waals surface area (Å²) in [7, 11) is 1.55. The number of methoxy groups -OCH3 is 1. The van der Waals surface area contributed by atoms with Gasteiger partial charge < -0.3 is 25.2 Å². The normalized spacial score (nSPS) is 33.3. The van der Waals surface area contributed by atoms with Crippen LogP contribution in [-0.2, 0) is 16.0 Å². The monoisotopic (exact) mass is 475 g/mol. The molecule has 1 aromatic heterocycles. The van der Waals surface area contributed by atoms with Crippen LogP contribution in [0.4, 0.5) is 4.79 Å². The first-order valence-corrected chi connectivity index (χ1v) is 12.3. The van der Waals surface area contributed by atoms with Crippen LogP contribution in [0.25, 0.3) is 0 Å². The number of ether oxygens (including phenoxy) is 2. The van der Waals surface area contributed by atoms with Gasteiger partial charge >= 0.3 is 6.09 Å². The maximum Gasteiger partial charge on any atom is 0.407 e. The van der Waals surface area contributed by atoms with Gasteiger partial charge in [-0.15, -0.1) is 0 Å². The molecule has 34 heavy (non-hydrogen) atoms. The molecule has 0 aromatic carbocycles. The number of hydrogen-bond donors (Lipinski definition) is 5. The topological polar surface area (TPSA) is 134 Å². The van der Waals surface area contributed by atoms with Gasteiger partial charge in [-0.2, -0.15) is 0 Å². The summed E-state index contributed by atoms with van der Waals surface area (Å²) in [5.41, 5.74) is 6.72. The Balaban J connectivity index is 1.15. The number of nitrogens with one attached hydrogen (secondary N) is 4. The fraction of sp³-hybridized carbons (Fsp3) is 0.708. The van der Waals surface area contributed by atoms with Gasteiger partial charge in [0.25, 0.3) is 0 Å². The lowest BCUT2D eigenvalue weighted by molar-refractivity contribution is -0.121. The first-order chi connectivity index (χ1) is 16.3. The van der Waals surface area contributed by atoms with E-state index < -0.39 is 5.60 Å². The Bertz CT molecular complexity index is 856. The lowest BCUT2D eigenvalue weighted by atomic mass is 9.84. The van der Waals surface area contributed by atoms with Crippen LogP contribution < -0.4 is 26.2 Å². The van der Waals surface area contributed by atoms with Crippen LogP contribution in [0.5, 0.6) is 5.88 Å². The lowest BCUT2D eigenvalue weighted by Gasteiger charge is -2.33. The number of aromatic nitrogens is 1. The zero-order chi connectivity index (χ0) is 24.1. The Morgan fingerprint density at radius 2 is 1.97 bits per heavy atom. The van der Waals surface area contributed by atoms with Crippen LogP contribution in [0.15, 0.2) is 18.3 Å². The molecule has 188 valence electrons. The van der Waals surface area contributed by atoms with Gasteiger partial charge in [0.15, 0.2) is 0 Å². The second-order valence-electron chi connectivity index (χ2n) is 10.2. The molecule has 3 fully saturated rings. The molecule has 4 rings (SSSR count). The van der Waals surface area contributed by atoms with Crippen molar-refractivity contribution in [1.29, 1.82) is 0 Å². The predicted molar refractivity (Wildman–Crippen MR) is 125 cm³/mol. The van der Waals surface area contributed by atoms with Gasteiger partial charge in [0.05, 0.1) is 25.3 Å². The summed E-state index contributed by atoms with van der Waals surface area (Å²) in [4.78, 5) is 28.8. The highest BCUT2D eigenvalue weighted by Gasteiger charge is 2.37. The van der Waals surface area contributed by atoms with E-state index in [1.165, 1.54) is 0 Å². The molecule has 10 nitrogen and oxygen atoms in total. The van der Waals surface area contributed by atoms with Gasteiger partial charge in [-0.1, -0.05) is 0 Å². The van der Waals surface area contributed by atoms with Gasteiger partial charge in [-0.3, -0.25) is 10.2 Å². The van der Waals surface area contributed by atoms with Crippen molar-refractivity contribution >= 4 is 12.0 Å². The summed E-state index contributed by atoms with van der Waals surface area (Å²) in [5, 5.41) is 16.0. The lowest BCUT2D eigenvalue weighted by Crippen LogP contribution is -2.45. The van der Waals surface area contributed by atoms with Crippen molar-refractivity contribution in [3.05, 3.63) is 23.9 Å². The third kappa shape index (κ3) is 6.80. The van der Waals surface area contributed by atoms with E-state index in [9.17, 15) is 14.7 Å². The molecule has 10 heteroatoms. The van der Waals surface area contributed by atoms with Gasteiger partial charge in [0.1, 0.15) is 6.10 Å². The van der Waals surface area contributed by atoms with E-state index in [1.54, 1.807) is 25.4 Å². The Hall–Kier alpha value is -2.43. The number of carbonyl (C=O) groups is 2. The third-order valence-corrected chi connectivity index (χ3v) is 7.29. The quantitative estimate of drug-likeness (QED) is 0.401. The van der Waals surface area contributed by atoms with Crippen LogP contribution in [0.1, 0.15) is 63.9 Å². The molecule has 1 aliphatic heterocycles. The van der Waals surface area contributed by atoms with Gasteiger partial charge in [-0.05, 0) is 75.8 Å². The molecule has 5 N–H and O–H groups in total. The van der Waals surface area contributed by atoms with Crippen molar-refractivity contribution in [2.75, 3.05) is 7.11 Å². The van der Waals surface area contributed by atoms with Crippen molar-refractivity contribution in [3.63, 3.8) is 0 Å². The molecule has 2 aliphatic carbocycles. The minimum Gasteiger partial charge on any atom is -0.481 e. The first-order valence-electron chi connectivity index (χ1n) is 12.3. The van der Waals surface area contributed by atoms with Crippen molar-refractivity contribution in [2.24, 2.45) is 5.92 Å². The molecule has 2 saturated carbocycles. The molecule has 1 saturated heterocycles. The van der Waals surface area contributed by atoms with Crippen LogP contribution in [0.2, 0.25) is 0 Å². The smallest absolute Gasteiger partial charge is 0.407 e. The number of hydrazine groups is 1. The fourth-order valence-electron chi connectivity index (χ4n) is 5.27. The SMILES string of the molecule is COc1cc(CC(=O)NC2CC([C@@H]3CC[C@H](OC(=O)NC4CCC(C)(O)CC4)C3)NN2)ccn1. The molecule has 4 atom stereocenters. The standard InChI is InChI=1S/C24H37N5O5/c1-24(32)8-5-17(6-9-24)26-23(31)34-18-4-3-16(13-18)19-14-20(29-28-19)27-21(30)11-15-7-10-25-22(12-15)33-2/h7,10,12,16-20,28-29,32H,3-6,8-9,11,13-14H2,1-2H3,(H,26,31)(H,27,30)/t16-,17?,18+,19?,20?,24?/m1/s1. The maximum absolute atomic E-state index is 12.5. The summed E-state index contributed by atoms with van der Waals surface area (Å²) < 4.78 is 10.8. The molecular weight excluding hydrogens is 438 g/mol. The Labute approximate surface area is 200 Å². The van der Waals surface area contributed by atoms with Crippen molar-refractivity contribution in [2.45, 2.75) is 94.7 Å². The Kier molecular flexibility index (Phi) is 7.90. The average molecular weight is 476 g/mol. The summed E-state index contributed by atoms with van der Waals surface area (Å²) in [6, 6.07) is 3.85.